The Kier molecular flexibility index (Phi) is 7.14. The Morgan fingerprint density at radius 2 is 0.938 bits per heavy atom. The average molecular weight is 420 g/mol. The molecule has 0 aromatic heterocycles. The van der Waals surface area contributed by atoms with Gasteiger partial charge in [0.15, 0.2) is 0 Å². The molecule has 1 amide bonds. The molecule has 0 atom stereocenters. The minimum Gasteiger partial charge on any atom is -0.332 e. The van der Waals surface area contributed by atoms with Crippen molar-refractivity contribution in [2.45, 2.75) is 25.3 Å². The van der Waals surface area contributed by atoms with Crippen molar-refractivity contribution >= 4 is 5.91 Å². The van der Waals surface area contributed by atoms with Gasteiger partial charge in [-0.25, -0.2) is 0 Å². The van der Waals surface area contributed by atoms with Gasteiger partial charge in [-0.05, 0) is 29.2 Å². The molecule has 2 heteroatoms. The summed E-state index contributed by atoms with van der Waals surface area (Å²) in [6, 6.07) is 41.2. The fourth-order valence-electron chi connectivity index (χ4n) is 4.42. The van der Waals surface area contributed by atoms with E-state index in [1.54, 1.807) is 0 Å². The lowest BCUT2D eigenvalue weighted by Gasteiger charge is -2.33. The normalized spacial score (nSPS) is 11.0. The summed E-state index contributed by atoms with van der Waals surface area (Å²) >= 11 is 0. The monoisotopic (exact) mass is 419 g/mol. The molecule has 0 aliphatic rings. The Balaban J connectivity index is 1.69. The molecule has 4 aromatic rings. The molecule has 0 aliphatic carbocycles. The molecule has 32 heavy (non-hydrogen) atoms. The first-order valence-corrected chi connectivity index (χ1v) is 11.3. The predicted molar refractivity (Wildman–Crippen MR) is 131 cm³/mol. The Bertz CT molecular complexity index is 1020. The number of hydrogen-bond donors (Lipinski definition) is 0. The van der Waals surface area contributed by atoms with Gasteiger partial charge >= 0.3 is 0 Å². The van der Waals surface area contributed by atoms with E-state index >= 15 is 0 Å². The first kappa shape index (κ1) is 21.6. The van der Waals surface area contributed by atoms with Gasteiger partial charge in [0, 0.05) is 18.9 Å². The minimum absolute atomic E-state index is 0.0196. The van der Waals surface area contributed by atoms with Gasteiger partial charge in [0.1, 0.15) is 0 Å². The summed E-state index contributed by atoms with van der Waals surface area (Å²) in [6.07, 6.45) is 0.429. The van der Waals surface area contributed by atoms with E-state index in [0.717, 1.165) is 11.1 Å². The largest absolute Gasteiger partial charge is 0.332 e. The van der Waals surface area contributed by atoms with E-state index in [2.05, 4.69) is 55.5 Å². The Morgan fingerprint density at radius 3 is 1.28 bits per heavy atom. The lowest BCUT2D eigenvalue weighted by Crippen LogP contribution is -2.36. The van der Waals surface area contributed by atoms with Crippen LogP contribution >= 0.6 is 0 Å². The summed E-state index contributed by atoms with van der Waals surface area (Å²) < 4.78 is 0. The van der Waals surface area contributed by atoms with Gasteiger partial charge in [-0.1, -0.05) is 121 Å². The van der Waals surface area contributed by atoms with E-state index in [1.165, 1.54) is 11.1 Å². The molecule has 0 spiro atoms. The van der Waals surface area contributed by atoms with Crippen LogP contribution in [-0.2, 0) is 4.79 Å². The van der Waals surface area contributed by atoms with Crippen LogP contribution in [0.3, 0.4) is 0 Å². The molecule has 0 radical (unpaired) electrons. The van der Waals surface area contributed by atoms with Crippen molar-refractivity contribution in [1.82, 2.24) is 4.90 Å². The number of nitrogens with zero attached hydrogens (tertiary/aromatic N) is 1. The molecule has 0 heterocycles. The van der Waals surface area contributed by atoms with E-state index in [1.807, 2.05) is 77.7 Å². The highest BCUT2D eigenvalue weighted by atomic mass is 16.2. The highest BCUT2D eigenvalue weighted by Crippen LogP contribution is 2.33. The van der Waals surface area contributed by atoms with Gasteiger partial charge < -0.3 is 4.90 Å². The molecule has 0 saturated carbocycles. The van der Waals surface area contributed by atoms with Gasteiger partial charge in [0.05, 0.1) is 6.04 Å². The van der Waals surface area contributed by atoms with Crippen LogP contribution in [0, 0.1) is 0 Å². The maximum absolute atomic E-state index is 13.8. The van der Waals surface area contributed by atoms with Crippen molar-refractivity contribution in [3.63, 3.8) is 0 Å². The maximum Gasteiger partial charge on any atom is 0.224 e. The maximum atomic E-state index is 13.8. The van der Waals surface area contributed by atoms with Crippen molar-refractivity contribution in [2.24, 2.45) is 0 Å². The van der Waals surface area contributed by atoms with Crippen molar-refractivity contribution in [3.8, 4) is 0 Å². The van der Waals surface area contributed by atoms with Crippen molar-refractivity contribution in [3.05, 3.63) is 144 Å². The first-order chi connectivity index (χ1) is 15.8. The minimum atomic E-state index is -0.109. The standard InChI is InChI=1S/C30H29NO/c1-2-31(30(26-19-11-5-12-20-26)27-21-13-6-14-22-27)29(32)23-28(24-15-7-3-8-16-24)25-17-9-4-10-18-25/h3-22,28,30H,2,23H2,1H3. The van der Waals surface area contributed by atoms with Crippen molar-refractivity contribution in [2.75, 3.05) is 6.54 Å². The van der Waals surface area contributed by atoms with E-state index in [-0.39, 0.29) is 17.9 Å². The molecule has 0 aliphatic heterocycles. The zero-order valence-electron chi connectivity index (χ0n) is 18.5. The van der Waals surface area contributed by atoms with Crippen LogP contribution in [-0.4, -0.2) is 17.4 Å². The van der Waals surface area contributed by atoms with Crippen LogP contribution in [0.2, 0.25) is 0 Å². The van der Waals surface area contributed by atoms with E-state index in [9.17, 15) is 4.79 Å². The zero-order chi connectivity index (χ0) is 22.2. The van der Waals surface area contributed by atoms with E-state index < -0.39 is 0 Å². The number of hydrogen-bond acceptors (Lipinski definition) is 1. The fourth-order valence-corrected chi connectivity index (χ4v) is 4.42. The van der Waals surface area contributed by atoms with Gasteiger partial charge in [-0.2, -0.15) is 0 Å². The number of rotatable bonds is 8. The summed E-state index contributed by atoms with van der Waals surface area (Å²) in [7, 11) is 0. The van der Waals surface area contributed by atoms with Gasteiger partial charge in [0.2, 0.25) is 5.91 Å². The summed E-state index contributed by atoms with van der Waals surface area (Å²) in [5, 5.41) is 0. The van der Waals surface area contributed by atoms with Gasteiger partial charge in [-0.3, -0.25) is 4.79 Å². The lowest BCUT2D eigenvalue weighted by atomic mass is 9.87. The molecule has 4 aromatic carbocycles. The Morgan fingerprint density at radius 1 is 0.594 bits per heavy atom. The molecule has 0 N–H and O–H groups in total. The summed E-state index contributed by atoms with van der Waals surface area (Å²) in [5.74, 6) is 0.175. The molecule has 0 unspecified atom stereocenters. The highest BCUT2D eigenvalue weighted by Gasteiger charge is 2.28. The first-order valence-electron chi connectivity index (χ1n) is 11.3. The third-order valence-corrected chi connectivity index (χ3v) is 5.99. The van der Waals surface area contributed by atoms with Crippen molar-refractivity contribution in [1.29, 1.82) is 0 Å². The highest BCUT2D eigenvalue weighted by molar-refractivity contribution is 5.79. The Hall–Kier alpha value is -3.65. The Labute approximate surface area is 191 Å². The lowest BCUT2D eigenvalue weighted by molar-refractivity contribution is -0.133. The quantitative estimate of drug-likeness (QED) is 0.306. The molecule has 0 saturated heterocycles. The molecule has 0 fully saturated rings. The van der Waals surface area contributed by atoms with Crippen LogP contribution in [0.1, 0.15) is 47.6 Å². The second-order valence-electron chi connectivity index (χ2n) is 7.98. The molecule has 2 nitrogen and oxygen atoms in total. The SMILES string of the molecule is CCN(C(=O)CC(c1ccccc1)c1ccccc1)C(c1ccccc1)c1ccccc1. The molecular formula is C30H29NO. The zero-order valence-corrected chi connectivity index (χ0v) is 18.5. The summed E-state index contributed by atoms with van der Waals surface area (Å²) in [6.45, 7) is 2.71. The average Bonchev–Trinajstić information content (AvgIpc) is 2.87. The van der Waals surface area contributed by atoms with Gasteiger partial charge in [-0.15, -0.1) is 0 Å². The van der Waals surface area contributed by atoms with Crippen LogP contribution in [0.5, 0.6) is 0 Å². The van der Waals surface area contributed by atoms with Gasteiger partial charge in [0.25, 0.3) is 0 Å². The summed E-state index contributed by atoms with van der Waals surface area (Å²) in [5.41, 5.74) is 4.59. The number of amides is 1. The van der Waals surface area contributed by atoms with Crippen LogP contribution < -0.4 is 0 Å². The van der Waals surface area contributed by atoms with Crippen LogP contribution in [0.15, 0.2) is 121 Å². The van der Waals surface area contributed by atoms with Crippen LogP contribution in [0.4, 0.5) is 0 Å². The topological polar surface area (TPSA) is 20.3 Å². The van der Waals surface area contributed by atoms with Crippen LogP contribution in [0.25, 0.3) is 0 Å². The number of benzene rings is 4. The second-order valence-corrected chi connectivity index (χ2v) is 7.98. The van der Waals surface area contributed by atoms with E-state index in [4.69, 9.17) is 0 Å². The molecule has 160 valence electrons. The predicted octanol–water partition coefficient (Wildman–Crippen LogP) is 6.85. The second kappa shape index (κ2) is 10.6. The smallest absolute Gasteiger partial charge is 0.224 e. The van der Waals surface area contributed by atoms with E-state index in [0.29, 0.717) is 13.0 Å². The third-order valence-electron chi connectivity index (χ3n) is 5.99. The third kappa shape index (κ3) is 4.97. The summed E-state index contributed by atoms with van der Waals surface area (Å²) in [4.78, 5) is 15.9. The molecule has 4 rings (SSSR count). The van der Waals surface area contributed by atoms with Crippen molar-refractivity contribution < 1.29 is 4.79 Å². The molecular weight excluding hydrogens is 390 g/mol. The number of carbonyl (C=O) groups is 1. The fraction of sp³-hybridized carbons (Fsp3) is 0.167. The molecule has 0 bridgehead atoms. The number of carbonyl (C=O) groups excluding carboxylic acids is 1.